The summed E-state index contributed by atoms with van der Waals surface area (Å²) >= 11 is 0. The second kappa shape index (κ2) is 5.39. The van der Waals surface area contributed by atoms with Crippen LogP contribution in [0, 0.1) is 12.8 Å². The predicted octanol–water partition coefficient (Wildman–Crippen LogP) is 2.57. The summed E-state index contributed by atoms with van der Waals surface area (Å²) in [4.78, 5) is 7.24. The third kappa shape index (κ3) is 2.29. The molecule has 0 amide bonds. The third-order valence-corrected chi connectivity index (χ3v) is 4.96. The second-order valence-corrected chi connectivity index (χ2v) is 6.42. The molecule has 0 N–H and O–H groups in total. The Bertz CT molecular complexity index is 681. The van der Waals surface area contributed by atoms with Gasteiger partial charge in [0.15, 0.2) is 0 Å². The number of hydrogen-bond donors (Lipinski definition) is 0. The van der Waals surface area contributed by atoms with Crippen molar-refractivity contribution in [1.29, 1.82) is 0 Å². The van der Waals surface area contributed by atoms with Crippen LogP contribution in [0.4, 0.5) is 0 Å². The molecule has 1 saturated heterocycles. The molecule has 2 heterocycles. The summed E-state index contributed by atoms with van der Waals surface area (Å²) in [6.45, 7) is 4.04. The predicted molar refractivity (Wildman–Crippen MR) is 84.2 cm³/mol. The van der Waals surface area contributed by atoms with Crippen molar-refractivity contribution < 1.29 is 4.74 Å². The molecule has 5 heteroatoms. The Hall–Kier alpha value is -1.88. The van der Waals surface area contributed by atoms with Crippen LogP contribution in [0.3, 0.4) is 0 Å². The van der Waals surface area contributed by atoms with Crippen LogP contribution >= 0.6 is 0 Å². The fourth-order valence-electron chi connectivity index (χ4n) is 3.96. The molecule has 22 heavy (non-hydrogen) atoms. The van der Waals surface area contributed by atoms with Crippen LogP contribution in [0.2, 0.25) is 0 Å². The van der Waals surface area contributed by atoms with Gasteiger partial charge in [0.25, 0.3) is 0 Å². The second-order valence-electron chi connectivity index (χ2n) is 6.42. The summed E-state index contributed by atoms with van der Waals surface area (Å²) in [6, 6.07) is 8.73. The maximum Gasteiger partial charge on any atom is 0.148 e. The summed E-state index contributed by atoms with van der Waals surface area (Å²) in [6.07, 6.45) is 4.10. The first-order valence-corrected chi connectivity index (χ1v) is 8.04. The molecular formula is C17H22N4O. The molecule has 116 valence electrons. The number of nitrogens with zero attached hydrogens (tertiary/aromatic N) is 4. The first-order valence-electron chi connectivity index (χ1n) is 8.04. The van der Waals surface area contributed by atoms with Crippen molar-refractivity contribution >= 4 is 0 Å². The lowest BCUT2D eigenvalue weighted by Gasteiger charge is -2.26. The molecule has 2 bridgehead atoms. The van der Waals surface area contributed by atoms with Crippen molar-refractivity contribution in [2.45, 2.75) is 38.8 Å². The SMILES string of the molecule is COc1ccccc1-n1nc(C)nc1CN1C[C@@H]2CC[C@@H]1C2. The number of ether oxygens (including phenoxy) is 1. The van der Waals surface area contributed by atoms with E-state index in [0.717, 1.165) is 41.6 Å². The lowest BCUT2D eigenvalue weighted by molar-refractivity contribution is 0.199. The average molecular weight is 298 g/mol. The fourth-order valence-corrected chi connectivity index (χ4v) is 3.96. The topological polar surface area (TPSA) is 43.2 Å². The van der Waals surface area contributed by atoms with Gasteiger partial charge in [-0.05, 0) is 44.2 Å². The molecule has 0 radical (unpaired) electrons. The van der Waals surface area contributed by atoms with E-state index in [1.165, 1.54) is 25.8 Å². The number of hydrogen-bond acceptors (Lipinski definition) is 4. The summed E-state index contributed by atoms with van der Waals surface area (Å²) < 4.78 is 7.43. The highest BCUT2D eigenvalue weighted by Crippen LogP contribution is 2.38. The standard InChI is InChI=1S/C17H22N4O/c1-12-18-17(11-20-10-13-7-8-14(20)9-13)21(19-12)15-5-3-4-6-16(15)22-2/h3-6,13-14H,7-11H2,1-2H3/t13-,14-/m1/s1. The van der Waals surface area contributed by atoms with Crippen LogP contribution in [0.1, 0.15) is 30.9 Å². The molecule has 1 aliphatic heterocycles. The maximum absolute atomic E-state index is 5.48. The molecule has 4 rings (SSSR count). The van der Waals surface area contributed by atoms with Gasteiger partial charge in [0.1, 0.15) is 23.1 Å². The zero-order valence-corrected chi connectivity index (χ0v) is 13.2. The van der Waals surface area contributed by atoms with Crippen molar-refractivity contribution in [1.82, 2.24) is 19.7 Å². The molecule has 0 unspecified atom stereocenters. The van der Waals surface area contributed by atoms with Crippen LogP contribution < -0.4 is 4.74 Å². The van der Waals surface area contributed by atoms with Crippen LogP contribution in [0.15, 0.2) is 24.3 Å². The number of likely N-dealkylation sites (tertiary alicyclic amines) is 1. The summed E-state index contributed by atoms with van der Waals surface area (Å²) in [5.74, 6) is 3.55. The largest absolute Gasteiger partial charge is 0.494 e. The normalized spacial score (nSPS) is 24.1. The Morgan fingerprint density at radius 3 is 2.86 bits per heavy atom. The van der Waals surface area contributed by atoms with Gasteiger partial charge < -0.3 is 4.74 Å². The van der Waals surface area contributed by atoms with Gasteiger partial charge in [-0.25, -0.2) is 9.67 Å². The first kappa shape index (κ1) is 13.8. The van der Waals surface area contributed by atoms with E-state index < -0.39 is 0 Å². The van der Waals surface area contributed by atoms with E-state index in [-0.39, 0.29) is 0 Å². The molecule has 5 nitrogen and oxygen atoms in total. The lowest BCUT2D eigenvalue weighted by atomic mass is 10.1. The number of aromatic nitrogens is 3. The van der Waals surface area contributed by atoms with Crippen molar-refractivity contribution in [2.24, 2.45) is 5.92 Å². The molecule has 2 aromatic rings. The van der Waals surface area contributed by atoms with E-state index in [4.69, 9.17) is 4.74 Å². The van der Waals surface area contributed by atoms with Gasteiger partial charge in [-0.15, -0.1) is 0 Å². The van der Waals surface area contributed by atoms with Gasteiger partial charge in [-0.3, -0.25) is 4.90 Å². The Labute approximate surface area is 130 Å². The minimum absolute atomic E-state index is 0.744. The molecule has 1 aromatic carbocycles. The van der Waals surface area contributed by atoms with Crippen molar-refractivity contribution in [2.75, 3.05) is 13.7 Å². The number of rotatable bonds is 4. The van der Waals surface area contributed by atoms with E-state index in [0.29, 0.717) is 0 Å². The fraction of sp³-hybridized carbons (Fsp3) is 0.529. The van der Waals surface area contributed by atoms with Gasteiger partial charge in [0.05, 0.1) is 13.7 Å². The van der Waals surface area contributed by atoms with Gasteiger partial charge in [0, 0.05) is 12.6 Å². The summed E-state index contributed by atoms with van der Waals surface area (Å²) in [7, 11) is 1.70. The van der Waals surface area contributed by atoms with E-state index >= 15 is 0 Å². The van der Waals surface area contributed by atoms with Crippen LogP contribution in [-0.4, -0.2) is 39.4 Å². The zero-order valence-electron chi connectivity index (χ0n) is 13.2. The van der Waals surface area contributed by atoms with E-state index in [1.807, 2.05) is 35.9 Å². The number of fused-ring (bicyclic) bond motifs is 2. The number of piperidine rings is 1. The quantitative estimate of drug-likeness (QED) is 0.870. The highest BCUT2D eigenvalue weighted by molar-refractivity contribution is 5.46. The molecule has 1 aromatic heterocycles. The Kier molecular flexibility index (Phi) is 3.37. The molecule has 2 aliphatic rings. The number of para-hydroxylation sites is 2. The van der Waals surface area contributed by atoms with Crippen molar-refractivity contribution in [3.8, 4) is 11.4 Å². The highest BCUT2D eigenvalue weighted by Gasteiger charge is 2.38. The van der Waals surface area contributed by atoms with Crippen LogP contribution in [0.25, 0.3) is 5.69 Å². The van der Waals surface area contributed by atoms with Crippen molar-refractivity contribution in [3.05, 3.63) is 35.9 Å². The van der Waals surface area contributed by atoms with E-state index in [1.54, 1.807) is 7.11 Å². The highest BCUT2D eigenvalue weighted by atomic mass is 16.5. The number of benzene rings is 1. The molecular weight excluding hydrogens is 276 g/mol. The smallest absolute Gasteiger partial charge is 0.148 e. The van der Waals surface area contributed by atoms with Crippen molar-refractivity contribution in [3.63, 3.8) is 0 Å². The zero-order chi connectivity index (χ0) is 15.1. The van der Waals surface area contributed by atoms with Crippen LogP contribution in [0.5, 0.6) is 5.75 Å². The molecule has 0 spiro atoms. The molecule has 2 atom stereocenters. The lowest BCUT2D eigenvalue weighted by Crippen LogP contribution is -2.32. The minimum atomic E-state index is 0.744. The van der Waals surface area contributed by atoms with Crippen LogP contribution in [-0.2, 0) is 6.54 Å². The molecule has 1 saturated carbocycles. The van der Waals surface area contributed by atoms with Gasteiger partial charge in [-0.2, -0.15) is 5.10 Å². The monoisotopic (exact) mass is 298 g/mol. The van der Waals surface area contributed by atoms with Gasteiger partial charge >= 0.3 is 0 Å². The Morgan fingerprint density at radius 2 is 2.14 bits per heavy atom. The maximum atomic E-state index is 5.48. The van der Waals surface area contributed by atoms with E-state index in [9.17, 15) is 0 Å². The Morgan fingerprint density at radius 1 is 1.27 bits per heavy atom. The average Bonchev–Trinajstić information content (AvgIpc) is 3.23. The number of methoxy groups -OCH3 is 1. The van der Waals surface area contributed by atoms with Gasteiger partial charge in [0.2, 0.25) is 0 Å². The summed E-state index contributed by atoms with van der Waals surface area (Å²) in [5.41, 5.74) is 0.963. The van der Waals surface area contributed by atoms with Gasteiger partial charge in [-0.1, -0.05) is 12.1 Å². The first-order chi connectivity index (χ1) is 10.7. The minimum Gasteiger partial charge on any atom is -0.494 e. The Balaban J connectivity index is 1.66. The number of aryl methyl sites for hydroxylation is 1. The summed E-state index contributed by atoms with van der Waals surface area (Å²) in [5, 5.41) is 4.59. The van der Waals surface area contributed by atoms with E-state index in [2.05, 4.69) is 15.0 Å². The third-order valence-electron chi connectivity index (χ3n) is 4.96. The molecule has 1 aliphatic carbocycles. The molecule has 2 fully saturated rings.